The molecule has 3 aromatic rings. The Morgan fingerprint density at radius 2 is 2.19 bits per heavy atom. The number of pyridine rings is 1. The molecule has 0 amide bonds. The van der Waals surface area contributed by atoms with Gasteiger partial charge in [-0.05, 0) is 36.6 Å². The number of fused-ring (bicyclic) bond motifs is 1. The molecule has 0 saturated heterocycles. The van der Waals surface area contributed by atoms with E-state index in [1.807, 2.05) is 24.3 Å². The molecule has 1 aromatic carbocycles. The van der Waals surface area contributed by atoms with Crippen LogP contribution in [0.3, 0.4) is 0 Å². The minimum Gasteiger partial charge on any atom is -0.497 e. The SMILES string of the molecule is COc1ccc2c(NCCc3nc(C)no3)nccc2c1. The number of nitrogens with one attached hydrogen (secondary N) is 1. The van der Waals surface area contributed by atoms with Crippen LogP contribution in [0.2, 0.25) is 0 Å². The van der Waals surface area contributed by atoms with E-state index < -0.39 is 0 Å². The van der Waals surface area contributed by atoms with Crippen molar-refractivity contribution in [3.05, 3.63) is 42.2 Å². The molecule has 0 aliphatic heterocycles. The lowest BCUT2D eigenvalue weighted by Crippen LogP contribution is -2.07. The zero-order chi connectivity index (χ0) is 14.7. The summed E-state index contributed by atoms with van der Waals surface area (Å²) in [6.45, 7) is 2.49. The molecule has 6 nitrogen and oxygen atoms in total. The number of aromatic nitrogens is 3. The molecule has 0 aliphatic carbocycles. The van der Waals surface area contributed by atoms with E-state index in [0.717, 1.165) is 22.3 Å². The zero-order valence-corrected chi connectivity index (χ0v) is 12.0. The first-order valence-electron chi connectivity index (χ1n) is 6.72. The predicted octanol–water partition coefficient (Wildman–Crippen LogP) is 2.59. The van der Waals surface area contributed by atoms with Gasteiger partial charge < -0.3 is 14.6 Å². The minimum absolute atomic E-state index is 0.627. The summed E-state index contributed by atoms with van der Waals surface area (Å²) in [5.74, 6) is 2.95. The van der Waals surface area contributed by atoms with Gasteiger partial charge in [-0.25, -0.2) is 4.98 Å². The second-order valence-corrected chi connectivity index (χ2v) is 4.66. The van der Waals surface area contributed by atoms with E-state index in [1.54, 1.807) is 20.2 Å². The van der Waals surface area contributed by atoms with Crippen LogP contribution in [-0.4, -0.2) is 28.8 Å². The highest BCUT2D eigenvalue weighted by Gasteiger charge is 2.05. The van der Waals surface area contributed by atoms with Crippen molar-refractivity contribution >= 4 is 16.6 Å². The van der Waals surface area contributed by atoms with Crippen molar-refractivity contribution in [1.82, 2.24) is 15.1 Å². The number of rotatable bonds is 5. The van der Waals surface area contributed by atoms with E-state index in [9.17, 15) is 0 Å². The molecule has 1 N–H and O–H groups in total. The average Bonchev–Trinajstić information content (AvgIpc) is 2.92. The summed E-state index contributed by atoms with van der Waals surface area (Å²) in [5, 5.41) is 9.21. The molecule has 0 saturated carbocycles. The number of aryl methyl sites for hydroxylation is 1. The van der Waals surface area contributed by atoms with Crippen molar-refractivity contribution < 1.29 is 9.26 Å². The molecular weight excluding hydrogens is 268 g/mol. The van der Waals surface area contributed by atoms with E-state index in [0.29, 0.717) is 24.7 Å². The third-order valence-corrected chi connectivity index (χ3v) is 3.17. The van der Waals surface area contributed by atoms with Gasteiger partial charge in [-0.15, -0.1) is 0 Å². The summed E-state index contributed by atoms with van der Waals surface area (Å²) in [6, 6.07) is 7.88. The van der Waals surface area contributed by atoms with Gasteiger partial charge in [0.05, 0.1) is 7.11 Å². The smallest absolute Gasteiger partial charge is 0.228 e. The Kier molecular flexibility index (Phi) is 3.68. The van der Waals surface area contributed by atoms with Gasteiger partial charge in [-0.3, -0.25) is 0 Å². The lowest BCUT2D eigenvalue weighted by Gasteiger charge is -2.08. The zero-order valence-electron chi connectivity index (χ0n) is 12.0. The Balaban J connectivity index is 1.74. The van der Waals surface area contributed by atoms with Crippen LogP contribution in [0.25, 0.3) is 10.8 Å². The van der Waals surface area contributed by atoms with Crippen LogP contribution in [0.1, 0.15) is 11.7 Å². The van der Waals surface area contributed by atoms with Crippen molar-refractivity contribution in [1.29, 1.82) is 0 Å². The maximum absolute atomic E-state index is 5.24. The third kappa shape index (κ3) is 2.94. The lowest BCUT2D eigenvalue weighted by atomic mass is 10.1. The van der Waals surface area contributed by atoms with Gasteiger partial charge in [0.2, 0.25) is 5.89 Å². The van der Waals surface area contributed by atoms with Gasteiger partial charge in [0.25, 0.3) is 0 Å². The molecule has 0 radical (unpaired) electrons. The Labute approximate surface area is 122 Å². The molecule has 2 heterocycles. The van der Waals surface area contributed by atoms with Crippen molar-refractivity contribution in [2.24, 2.45) is 0 Å². The van der Waals surface area contributed by atoms with Gasteiger partial charge >= 0.3 is 0 Å². The first kappa shape index (κ1) is 13.4. The average molecular weight is 284 g/mol. The monoisotopic (exact) mass is 284 g/mol. The van der Waals surface area contributed by atoms with Crippen molar-refractivity contribution in [2.75, 3.05) is 19.0 Å². The second kappa shape index (κ2) is 5.78. The van der Waals surface area contributed by atoms with E-state index in [4.69, 9.17) is 9.26 Å². The summed E-state index contributed by atoms with van der Waals surface area (Å²) in [5.41, 5.74) is 0. The number of methoxy groups -OCH3 is 1. The molecule has 0 atom stereocenters. The maximum Gasteiger partial charge on any atom is 0.228 e. The van der Waals surface area contributed by atoms with Crippen LogP contribution in [-0.2, 0) is 6.42 Å². The molecule has 0 aliphatic rings. The molecular formula is C15H16N4O2. The maximum atomic E-state index is 5.24. The van der Waals surface area contributed by atoms with Gasteiger partial charge in [0, 0.05) is 24.5 Å². The van der Waals surface area contributed by atoms with Gasteiger partial charge in [-0.2, -0.15) is 4.98 Å². The second-order valence-electron chi connectivity index (χ2n) is 4.66. The fourth-order valence-corrected chi connectivity index (χ4v) is 2.15. The van der Waals surface area contributed by atoms with Gasteiger partial charge in [0.1, 0.15) is 11.6 Å². The van der Waals surface area contributed by atoms with Gasteiger partial charge in [0.15, 0.2) is 5.82 Å². The lowest BCUT2D eigenvalue weighted by molar-refractivity contribution is 0.377. The number of nitrogens with zero attached hydrogens (tertiary/aromatic N) is 3. The van der Waals surface area contributed by atoms with Crippen LogP contribution in [0.5, 0.6) is 5.75 Å². The minimum atomic E-state index is 0.627. The largest absolute Gasteiger partial charge is 0.497 e. The van der Waals surface area contributed by atoms with Crippen molar-refractivity contribution in [3.8, 4) is 5.75 Å². The van der Waals surface area contributed by atoms with Crippen LogP contribution in [0, 0.1) is 6.92 Å². The Bertz CT molecular complexity index is 754. The third-order valence-electron chi connectivity index (χ3n) is 3.17. The first-order valence-corrected chi connectivity index (χ1v) is 6.72. The number of benzene rings is 1. The molecule has 0 unspecified atom stereocenters. The molecule has 2 aromatic heterocycles. The van der Waals surface area contributed by atoms with Crippen LogP contribution in [0.4, 0.5) is 5.82 Å². The molecule has 3 rings (SSSR count). The van der Waals surface area contributed by atoms with E-state index >= 15 is 0 Å². The quantitative estimate of drug-likeness (QED) is 0.776. The Hall–Kier alpha value is -2.63. The molecule has 6 heteroatoms. The van der Waals surface area contributed by atoms with E-state index in [-0.39, 0.29) is 0 Å². The highest BCUT2D eigenvalue weighted by Crippen LogP contribution is 2.25. The fraction of sp³-hybridized carbons (Fsp3) is 0.267. The van der Waals surface area contributed by atoms with Crippen molar-refractivity contribution in [2.45, 2.75) is 13.3 Å². The van der Waals surface area contributed by atoms with Crippen LogP contribution in [0.15, 0.2) is 35.0 Å². The summed E-state index contributed by atoms with van der Waals surface area (Å²) < 4.78 is 10.3. The normalized spacial score (nSPS) is 10.8. The molecule has 0 bridgehead atoms. The number of anilines is 1. The highest BCUT2D eigenvalue weighted by molar-refractivity contribution is 5.92. The van der Waals surface area contributed by atoms with Crippen LogP contribution < -0.4 is 10.1 Å². The summed E-state index contributed by atoms with van der Waals surface area (Å²) in [6.07, 6.45) is 2.44. The molecule has 108 valence electrons. The summed E-state index contributed by atoms with van der Waals surface area (Å²) >= 11 is 0. The summed E-state index contributed by atoms with van der Waals surface area (Å²) in [4.78, 5) is 8.55. The van der Waals surface area contributed by atoms with Gasteiger partial charge in [-0.1, -0.05) is 5.16 Å². The number of hydrogen-bond donors (Lipinski definition) is 1. The Morgan fingerprint density at radius 3 is 2.95 bits per heavy atom. The molecule has 21 heavy (non-hydrogen) atoms. The highest BCUT2D eigenvalue weighted by atomic mass is 16.5. The standard InChI is InChI=1S/C15H16N4O2/c1-10-18-14(21-19-10)6-8-17-15-13-4-3-12(20-2)9-11(13)5-7-16-15/h3-5,7,9H,6,8H2,1-2H3,(H,16,17). The fourth-order valence-electron chi connectivity index (χ4n) is 2.15. The topological polar surface area (TPSA) is 73.1 Å². The van der Waals surface area contributed by atoms with Crippen LogP contribution >= 0.6 is 0 Å². The van der Waals surface area contributed by atoms with E-state index in [1.165, 1.54) is 0 Å². The molecule has 0 spiro atoms. The van der Waals surface area contributed by atoms with E-state index in [2.05, 4.69) is 20.4 Å². The predicted molar refractivity (Wildman–Crippen MR) is 79.5 cm³/mol. The number of hydrogen-bond acceptors (Lipinski definition) is 6. The number of ether oxygens (including phenoxy) is 1. The summed E-state index contributed by atoms with van der Waals surface area (Å²) in [7, 11) is 1.66. The molecule has 0 fully saturated rings. The van der Waals surface area contributed by atoms with Crippen molar-refractivity contribution in [3.63, 3.8) is 0 Å². The first-order chi connectivity index (χ1) is 10.3. The Morgan fingerprint density at radius 1 is 1.29 bits per heavy atom.